The van der Waals surface area contributed by atoms with Crippen molar-refractivity contribution in [2.24, 2.45) is 0 Å². The molecule has 0 atom stereocenters. The number of rotatable bonds is 4. The molecule has 0 aromatic carbocycles. The second-order valence-corrected chi connectivity index (χ2v) is 6.07. The molecule has 0 aliphatic rings. The predicted octanol–water partition coefficient (Wildman–Crippen LogP) is 1.68. The van der Waals surface area contributed by atoms with Gasteiger partial charge in [0.05, 0.1) is 17.1 Å². The number of nitriles is 1. The maximum absolute atomic E-state index is 11.7. The van der Waals surface area contributed by atoms with Crippen LogP contribution in [0.15, 0.2) is 35.6 Å². The maximum Gasteiger partial charge on any atom is 0.192 e. The molecule has 0 fully saturated rings. The summed E-state index contributed by atoms with van der Waals surface area (Å²) in [5.41, 5.74) is 0.624. The Hall–Kier alpha value is -1.87. The van der Waals surface area contributed by atoms with Crippen molar-refractivity contribution in [1.29, 1.82) is 5.26 Å². The number of pyridine rings is 1. The van der Waals surface area contributed by atoms with Crippen LogP contribution in [-0.4, -0.2) is 18.7 Å². The molecule has 1 N–H and O–H groups in total. The van der Waals surface area contributed by atoms with Crippen LogP contribution >= 0.6 is 0 Å². The Morgan fingerprint density at radius 3 is 2.76 bits per heavy atom. The van der Waals surface area contributed by atoms with Crippen LogP contribution in [0, 0.1) is 11.3 Å². The van der Waals surface area contributed by atoms with Crippen molar-refractivity contribution in [2.45, 2.75) is 19.1 Å². The van der Waals surface area contributed by atoms with Gasteiger partial charge in [-0.15, -0.1) is 0 Å². The first-order valence-electron chi connectivity index (χ1n) is 4.99. The van der Waals surface area contributed by atoms with Crippen molar-refractivity contribution in [2.75, 3.05) is 5.32 Å². The van der Waals surface area contributed by atoms with Crippen LogP contribution in [-0.2, 0) is 9.84 Å². The van der Waals surface area contributed by atoms with Crippen molar-refractivity contribution >= 4 is 15.5 Å². The molecule has 0 aliphatic heterocycles. The van der Waals surface area contributed by atoms with Gasteiger partial charge in [0, 0.05) is 12.4 Å². The fourth-order valence-electron chi connectivity index (χ4n) is 1.03. The Labute approximate surface area is 101 Å². The van der Waals surface area contributed by atoms with Gasteiger partial charge >= 0.3 is 0 Å². The van der Waals surface area contributed by atoms with E-state index in [0.29, 0.717) is 5.69 Å². The Balaban J connectivity index is 2.95. The molecule has 17 heavy (non-hydrogen) atoms. The van der Waals surface area contributed by atoms with Gasteiger partial charge in [-0.2, -0.15) is 5.26 Å². The second-order valence-electron chi connectivity index (χ2n) is 3.60. The average molecular weight is 251 g/mol. The molecule has 1 rings (SSSR count). The van der Waals surface area contributed by atoms with Crippen molar-refractivity contribution in [3.63, 3.8) is 0 Å². The van der Waals surface area contributed by atoms with E-state index in [1.165, 1.54) is 26.2 Å². The monoisotopic (exact) mass is 251 g/mol. The lowest BCUT2D eigenvalue weighted by Crippen LogP contribution is -2.16. The van der Waals surface area contributed by atoms with E-state index in [-0.39, 0.29) is 4.91 Å². The van der Waals surface area contributed by atoms with E-state index in [4.69, 9.17) is 5.26 Å². The predicted molar refractivity (Wildman–Crippen MR) is 65.6 cm³/mol. The molecule has 1 aromatic rings. The number of sulfone groups is 1. The molecule has 1 aromatic heterocycles. The minimum absolute atomic E-state index is 0.281. The number of allylic oxidation sites excluding steroid dienone is 1. The zero-order valence-electron chi connectivity index (χ0n) is 9.58. The summed E-state index contributed by atoms with van der Waals surface area (Å²) in [4.78, 5) is 3.58. The summed E-state index contributed by atoms with van der Waals surface area (Å²) in [5, 5.41) is 10.9. The minimum Gasteiger partial charge on any atom is -0.359 e. The highest BCUT2D eigenvalue weighted by molar-refractivity contribution is 7.96. The summed E-state index contributed by atoms with van der Waals surface area (Å²) in [6, 6.07) is 5.11. The highest BCUT2D eigenvalue weighted by atomic mass is 32.2. The Morgan fingerprint density at radius 1 is 1.59 bits per heavy atom. The fraction of sp³-hybridized carbons (Fsp3) is 0.273. The van der Waals surface area contributed by atoms with Crippen molar-refractivity contribution < 1.29 is 8.42 Å². The van der Waals surface area contributed by atoms with Gasteiger partial charge in [0.2, 0.25) is 0 Å². The Kier molecular flexibility index (Phi) is 4.24. The van der Waals surface area contributed by atoms with Gasteiger partial charge in [-0.25, -0.2) is 8.42 Å². The molecule has 0 radical (unpaired) electrons. The molecule has 1 heterocycles. The van der Waals surface area contributed by atoms with E-state index in [9.17, 15) is 8.42 Å². The molecular formula is C11H13N3O2S. The molecule has 6 heteroatoms. The third kappa shape index (κ3) is 3.29. The van der Waals surface area contributed by atoms with E-state index >= 15 is 0 Å². The van der Waals surface area contributed by atoms with Crippen LogP contribution < -0.4 is 5.32 Å². The molecule has 5 nitrogen and oxygen atoms in total. The number of anilines is 1. The van der Waals surface area contributed by atoms with E-state index in [1.54, 1.807) is 24.4 Å². The van der Waals surface area contributed by atoms with Crippen molar-refractivity contribution in [3.8, 4) is 6.07 Å². The lowest BCUT2D eigenvalue weighted by molar-refractivity contribution is 0.595. The van der Waals surface area contributed by atoms with Crippen LogP contribution in [0.4, 0.5) is 5.69 Å². The van der Waals surface area contributed by atoms with Gasteiger partial charge in [0.15, 0.2) is 14.7 Å². The third-order valence-corrected chi connectivity index (χ3v) is 4.13. The molecule has 0 amide bonds. The number of hydrogen-bond acceptors (Lipinski definition) is 5. The topological polar surface area (TPSA) is 82.8 Å². The van der Waals surface area contributed by atoms with Crippen LogP contribution in [0.1, 0.15) is 13.8 Å². The molecule has 0 saturated carbocycles. The van der Waals surface area contributed by atoms with Gasteiger partial charge in [-0.1, -0.05) is 0 Å². The summed E-state index contributed by atoms with van der Waals surface area (Å²) < 4.78 is 23.5. The normalized spacial score (nSPS) is 12.2. The maximum atomic E-state index is 11.7. The fourth-order valence-corrected chi connectivity index (χ4v) is 1.89. The minimum atomic E-state index is -3.54. The van der Waals surface area contributed by atoms with E-state index in [1.807, 2.05) is 0 Å². The van der Waals surface area contributed by atoms with Gasteiger partial charge in [-0.05, 0) is 26.0 Å². The lowest BCUT2D eigenvalue weighted by Gasteiger charge is -2.06. The molecule has 0 unspecified atom stereocenters. The highest BCUT2D eigenvalue weighted by Crippen LogP contribution is 2.13. The molecule has 90 valence electrons. The molecule has 0 spiro atoms. The standard InChI is InChI=1S/C11H13N3O2S/c1-9(2)17(15,16)11(6-12)8-14-10-4-3-5-13-7-10/h3-5,7-9,14H,1-2H3/b11-8+. The van der Waals surface area contributed by atoms with Gasteiger partial charge in [0.1, 0.15) is 6.07 Å². The summed E-state index contributed by atoms with van der Waals surface area (Å²) in [6.07, 6.45) is 4.32. The number of nitrogens with zero attached hydrogens (tertiary/aromatic N) is 2. The average Bonchev–Trinajstić information content (AvgIpc) is 2.30. The van der Waals surface area contributed by atoms with Crippen LogP contribution in [0.3, 0.4) is 0 Å². The highest BCUT2D eigenvalue weighted by Gasteiger charge is 2.21. The SMILES string of the molecule is CC(C)S(=O)(=O)/C(C#N)=C/Nc1cccnc1. The van der Waals surface area contributed by atoms with Gasteiger partial charge < -0.3 is 5.32 Å². The molecular weight excluding hydrogens is 238 g/mol. The largest absolute Gasteiger partial charge is 0.359 e. The Morgan fingerprint density at radius 2 is 2.29 bits per heavy atom. The number of hydrogen-bond donors (Lipinski definition) is 1. The van der Waals surface area contributed by atoms with Crippen molar-refractivity contribution in [3.05, 3.63) is 35.6 Å². The lowest BCUT2D eigenvalue weighted by atomic mass is 10.4. The first-order chi connectivity index (χ1) is 7.98. The molecule has 0 bridgehead atoms. The third-order valence-electron chi connectivity index (χ3n) is 2.07. The van der Waals surface area contributed by atoms with Gasteiger partial charge in [0.25, 0.3) is 0 Å². The van der Waals surface area contributed by atoms with Gasteiger partial charge in [-0.3, -0.25) is 4.98 Å². The first kappa shape index (κ1) is 13.2. The molecule has 0 saturated heterocycles. The summed E-state index contributed by atoms with van der Waals surface area (Å²) in [5.74, 6) is 0. The molecule has 0 aliphatic carbocycles. The second kappa shape index (κ2) is 5.46. The smallest absolute Gasteiger partial charge is 0.192 e. The number of nitrogens with one attached hydrogen (secondary N) is 1. The van der Waals surface area contributed by atoms with E-state index in [2.05, 4.69) is 10.3 Å². The van der Waals surface area contributed by atoms with Crippen LogP contribution in [0.5, 0.6) is 0 Å². The van der Waals surface area contributed by atoms with Crippen molar-refractivity contribution in [1.82, 2.24) is 4.98 Å². The van der Waals surface area contributed by atoms with Crippen LogP contribution in [0.25, 0.3) is 0 Å². The quantitative estimate of drug-likeness (QED) is 0.823. The summed E-state index contributed by atoms with van der Waals surface area (Å²) in [6.45, 7) is 3.06. The number of aromatic nitrogens is 1. The summed E-state index contributed by atoms with van der Waals surface area (Å²) >= 11 is 0. The zero-order valence-corrected chi connectivity index (χ0v) is 10.4. The first-order valence-corrected chi connectivity index (χ1v) is 6.54. The van der Waals surface area contributed by atoms with E-state index < -0.39 is 15.1 Å². The Bertz CT molecular complexity index is 542. The zero-order chi connectivity index (χ0) is 12.9. The van der Waals surface area contributed by atoms with Crippen LogP contribution in [0.2, 0.25) is 0 Å². The van der Waals surface area contributed by atoms with E-state index in [0.717, 1.165) is 0 Å². The summed E-state index contributed by atoms with van der Waals surface area (Å²) in [7, 11) is -3.54.